The summed E-state index contributed by atoms with van der Waals surface area (Å²) in [6.45, 7) is 1.34. The Balaban J connectivity index is 0.00000162. The van der Waals surface area contributed by atoms with Crippen molar-refractivity contribution in [3.05, 3.63) is 28.2 Å². The van der Waals surface area contributed by atoms with Crippen molar-refractivity contribution >= 4 is 34.2 Å². The number of halogens is 2. The van der Waals surface area contributed by atoms with Crippen LogP contribution >= 0.6 is 28.3 Å². The minimum Gasteiger partial charge on any atom is -0.496 e. The van der Waals surface area contributed by atoms with Crippen molar-refractivity contribution in [1.82, 2.24) is 4.90 Å². The highest BCUT2D eigenvalue weighted by molar-refractivity contribution is 9.10. The molecule has 1 heterocycles. The summed E-state index contributed by atoms with van der Waals surface area (Å²) in [7, 11) is 1.56. The predicted molar refractivity (Wildman–Crippen MR) is 76.4 cm³/mol. The van der Waals surface area contributed by atoms with Crippen LogP contribution in [0.3, 0.4) is 0 Å². The number of nitrogens with two attached hydrogens (primary N) is 1. The van der Waals surface area contributed by atoms with Crippen molar-refractivity contribution in [1.29, 1.82) is 0 Å². The van der Waals surface area contributed by atoms with E-state index in [1.807, 2.05) is 6.07 Å². The molecule has 18 heavy (non-hydrogen) atoms. The van der Waals surface area contributed by atoms with Crippen molar-refractivity contribution < 1.29 is 9.53 Å². The SMILES string of the molecule is COc1cc(Br)ccc1C(=O)N1CC[C@H](N)C1.Cl. The van der Waals surface area contributed by atoms with Crippen LogP contribution in [0.15, 0.2) is 22.7 Å². The van der Waals surface area contributed by atoms with Crippen LogP contribution < -0.4 is 10.5 Å². The van der Waals surface area contributed by atoms with Crippen molar-refractivity contribution in [2.24, 2.45) is 5.73 Å². The van der Waals surface area contributed by atoms with Gasteiger partial charge in [0, 0.05) is 23.6 Å². The van der Waals surface area contributed by atoms with Crippen molar-refractivity contribution in [3.63, 3.8) is 0 Å². The molecule has 0 aromatic heterocycles. The Labute approximate surface area is 121 Å². The van der Waals surface area contributed by atoms with Gasteiger partial charge in [0.15, 0.2) is 0 Å². The molecule has 1 aromatic rings. The van der Waals surface area contributed by atoms with Gasteiger partial charge in [0.1, 0.15) is 5.75 Å². The summed E-state index contributed by atoms with van der Waals surface area (Å²) in [5.41, 5.74) is 6.39. The van der Waals surface area contributed by atoms with E-state index in [0.717, 1.165) is 17.4 Å². The van der Waals surface area contributed by atoms with Gasteiger partial charge in [-0.15, -0.1) is 12.4 Å². The quantitative estimate of drug-likeness (QED) is 0.900. The zero-order valence-electron chi connectivity index (χ0n) is 10.1. The lowest BCUT2D eigenvalue weighted by atomic mass is 10.2. The molecule has 0 unspecified atom stereocenters. The van der Waals surface area contributed by atoms with Gasteiger partial charge in [-0.1, -0.05) is 15.9 Å². The predicted octanol–water partition coefficient (Wildman–Crippen LogP) is 2.05. The Morgan fingerprint density at radius 3 is 2.83 bits per heavy atom. The standard InChI is InChI=1S/C12H15BrN2O2.ClH/c1-17-11-6-8(13)2-3-10(11)12(16)15-5-4-9(14)7-15;/h2-3,6,9H,4-5,7,14H2,1H3;1H/t9-;/m0./s1. The lowest BCUT2D eigenvalue weighted by Crippen LogP contribution is -2.32. The second-order valence-corrected chi connectivity index (χ2v) is 5.06. The maximum atomic E-state index is 12.3. The normalized spacial score (nSPS) is 18.4. The van der Waals surface area contributed by atoms with E-state index in [9.17, 15) is 4.79 Å². The highest BCUT2D eigenvalue weighted by Gasteiger charge is 2.26. The molecule has 2 rings (SSSR count). The number of ether oxygens (including phenoxy) is 1. The number of likely N-dealkylation sites (tertiary alicyclic amines) is 1. The maximum absolute atomic E-state index is 12.3. The van der Waals surface area contributed by atoms with Crippen LogP contribution in [-0.4, -0.2) is 37.0 Å². The number of hydrogen-bond donors (Lipinski definition) is 1. The number of nitrogens with zero attached hydrogens (tertiary/aromatic N) is 1. The van der Waals surface area contributed by atoms with Gasteiger partial charge in [0.05, 0.1) is 12.7 Å². The second kappa shape index (κ2) is 6.41. The third-order valence-corrected chi connectivity index (χ3v) is 3.40. The van der Waals surface area contributed by atoms with E-state index in [4.69, 9.17) is 10.5 Å². The number of carbonyl (C=O) groups is 1. The molecule has 1 aliphatic rings. The molecule has 0 bridgehead atoms. The zero-order valence-corrected chi connectivity index (χ0v) is 12.5. The molecule has 0 aliphatic carbocycles. The molecule has 4 nitrogen and oxygen atoms in total. The van der Waals surface area contributed by atoms with E-state index in [1.165, 1.54) is 0 Å². The van der Waals surface area contributed by atoms with Gasteiger partial charge in [0.2, 0.25) is 0 Å². The Morgan fingerprint density at radius 2 is 2.28 bits per heavy atom. The Bertz CT molecular complexity index is 442. The molecule has 1 aliphatic heterocycles. The van der Waals surface area contributed by atoms with Crippen molar-refractivity contribution in [2.45, 2.75) is 12.5 Å². The van der Waals surface area contributed by atoms with Crippen LogP contribution in [-0.2, 0) is 0 Å². The average Bonchev–Trinajstić information content (AvgIpc) is 2.75. The molecule has 1 aromatic carbocycles. The summed E-state index contributed by atoms with van der Waals surface area (Å²) in [6, 6.07) is 5.50. The van der Waals surface area contributed by atoms with Crippen LogP contribution in [0.25, 0.3) is 0 Å². The Kier molecular flexibility index (Phi) is 5.44. The van der Waals surface area contributed by atoms with Crippen LogP contribution in [0.4, 0.5) is 0 Å². The third-order valence-electron chi connectivity index (χ3n) is 2.91. The number of amides is 1. The zero-order chi connectivity index (χ0) is 12.4. The molecule has 1 atom stereocenters. The van der Waals surface area contributed by atoms with Gasteiger partial charge in [-0.05, 0) is 24.6 Å². The number of benzene rings is 1. The molecule has 1 saturated heterocycles. The van der Waals surface area contributed by atoms with E-state index in [1.54, 1.807) is 24.1 Å². The van der Waals surface area contributed by atoms with Crippen LogP contribution in [0.1, 0.15) is 16.8 Å². The molecule has 0 radical (unpaired) electrons. The van der Waals surface area contributed by atoms with Crippen molar-refractivity contribution in [3.8, 4) is 5.75 Å². The smallest absolute Gasteiger partial charge is 0.257 e. The van der Waals surface area contributed by atoms with Crippen LogP contribution in [0.5, 0.6) is 5.75 Å². The van der Waals surface area contributed by atoms with Gasteiger partial charge >= 0.3 is 0 Å². The lowest BCUT2D eigenvalue weighted by molar-refractivity contribution is 0.0787. The molecular formula is C12H16BrClN2O2. The summed E-state index contributed by atoms with van der Waals surface area (Å²) >= 11 is 3.35. The molecule has 1 amide bonds. The largest absolute Gasteiger partial charge is 0.496 e. The van der Waals surface area contributed by atoms with Gasteiger partial charge in [-0.3, -0.25) is 4.79 Å². The number of hydrogen-bond acceptors (Lipinski definition) is 3. The summed E-state index contributed by atoms with van der Waals surface area (Å²) in [5, 5.41) is 0. The number of carbonyl (C=O) groups excluding carboxylic acids is 1. The second-order valence-electron chi connectivity index (χ2n) is 4.14. The van der Waals surface area contributed by atoms with Gasteiger partial charge < -0.3 is 15.4 Å². The first kappa shape index (κ1) is 15.3. The molecular weight excluding hydrogens is 320 g/mol. The fourth-order valence-electron chi connectivity index (χ4n) is 1.98. The van der Waals surface area contributed by atoms with Gasteiger partial charge in [-0.25, -0.2) is 0 Å². The summed E-state index contributed by atoms with van der Waals surface area (Å²) < 4.78 is 6.12. The lowest BCUT2D eigenvalue weighted by Gasteiger charge is -2.17. The van der Waals surface area contributed by atoms with E-state index in [-0.39, 0.29) is 24.4 Å². The third kappa shape index (κ3) is 3.16. The fourth-order valence-corrected chi connectivity index (χ4v) is 2.32. The molecule has 6 heteroatoms. The number of methoxy groups -OCH3 is 1. The minimum absolute atomic E-state index is 0. The van der Waals surface area contributed by atoms with Gasteiger partial charge in [0.25, 0.3) is 5.91 Å². The van der Waals surface area contributed by atoms with E-state index in [2.05, 4.69) is 15.9 Å². The van der Waals surface area contributed by atoms with E-state index < -0.39 is 0 Å². The minimum atomic E-state index is -0.0118. The highest BCUT2D eigenvalue weighted by Crippen LogP contribution is 2.25. The fraction of sp³-hybridized carbons (Fsp3) is 0.417. The molecule has 100 valence electrons. The first-order valence-corrected chi connectivity index (χ1v) is 6.29. The Morgan fingerprint density at radius 1 is 1.56 bits per heavy atom. The maximum Gasteiger partial charge on any atom is 0.257 e. The van der Waals surface area contributed by atoms with E-state index in [0.29, 0.717) is 17.9 Å². The molecule has 0 spiro atoms. The molecule has 1 fully saturated rings. The van der Waals surface area contributed by atoms with Crippen LogP contribution in [0.2, 0.25) is 0 Å². The van der Waals surface area contributed by atoms with Gasteiger partial charge in [-0.2, -0.15) is 0 Å². The van der Waals surface area contributed by atoms with E-state index >= 15 is 0 Å². The first-order chi connectivity index (χ1) is 8.11. The molecule has 2 N–H and O–H groups in total. The summed E-state index contributed by atoms with van der Waals surface area (Å²) in [4.78, 5) is 14.0. The van der Waals surface area contributed by atoms with Crippen LogP contribution in [0, 0.1) is 0 Å². The topological polar surface area (TPSA) is 55.6 Å². The summed E-state index contributed by atoms with van der Waals surface area (Å²) in [5.74, 6) is 0.576. The monoisotopic (exact) mass is 334 g/mol. The Hall–Kier alpha value is -0.780. The first-order valence-electron chi connectivity index (χ1n) is 5.50. The highest BCUT2D eigenvalue weighted by atomic mass is 79.9. The summed E-state index contributed by atoms with van der Waals surface area (Å²) in [6.07, 6.45) is 0.866. The number of rotatable bonds is 2. The molecule has 0 saturated carbocycles. The van der Waals surface area contributed by atoms with Crippen molar-refractivity contribution in [2.75, 3.05) is 20.2 Å². The average molecular weight is 336 g/mol.